The molecule has 1 fully saturated rings. The van der Waals surface area contributed by atoms with E-state index in [1.165, 1.54) is 10.4 Å². The average Bonchev–Trinajstić information content (AvgIpc) is 2.53. The van der Waals surface area contributed by atoms with Gasteiger partial charge in [-0.05, 0) is 6.07 Å². The number of ether oxygens (including phenoxy) is 1. The Kier molecular flexibility index (Phi) is 6.06. The van der Waals surface area contributed by atoms with E-state index in [4.69, 9.17) is 16.2 Å². The van der Waals surface area contributed by atoms with E-state index in [-0.39, 0.29) is 25.3 Å². The van der Waals surface area contributed by atoms with Crippen molar-refractivity contribution in [3.8, 4) is 0 Å². The lowest BCUT2D eigenvalue weighted by molar-refractivity contribution is 0.149. The van der Waals surface area contributed by atoms with E-state index in [1.807, 2.05) is 0 Å². The molecule has 4 N–H and O–H groups in total. The van der Waals surface area contributed by atoms with Crippen molar-refractivity contribution in [3.63, 3.8) is 0 Å². The summed E-state index contributed by atoms with van der Waals surface area (Å²) in [4.78, 5) is 16.2. The van der Waals surface area contributed by atoms with Crippen LogP contribution in [0.1, 0.15) is 5.56 Å². The molecule has 0 bridgehead atoms. The van der Waals surface area contributed by atoms with E-state index in [2.05, 4.69) is 4.99 Å². The highest BCUT2D eigenvalue weighted by molar-refractivity contribution is 7.76. The fourth-order valence-corrected chi connectivity index (χ4v) is 2.74. The topological polar surface area (TPSA) is 137 Å². The van der Waals surface area contributed by atoms with Crippen molar-refractivity contribution in [2.24, 2.45) is 16.5 Å². The Morgan fingerprint density at radius 1 is 1.33 bits per heavy atom. The lowest BCUT2D eigenvalue weighted by Crippen LogP contribution is -2.47. The number of nitrogens with two attached hydrogens (primary N) is 2. The lowest BCUT2D eigenvalue weighted by Gasteiger charge is -2.36. The summed E-state index contributed by atoms with van der Waals surface area (Å²) in [5, 5.41) is 0. The highest BCUT2D eigenvalue weighted by atomic mass is 32.2. The summed E-state index contributed by atoms with van der Waals surface area (Å²) in [6, 6.07) is 4.69. The molecule has 24 heavy (non-hydrogen) atoms. The van der Waals surface area contributed by atoms with E-state index in [0.717, 1.165) is 0 Å². The quantitative estimate of drug-likeness (QED) is 0.426. The molecule has 1 unspecified atom stereocenters. The highest BCUT2D eigenvalue weighted by Crippen LogP contribution is 2.24. The zero-order chi connectivity index (χ0) is 17.7. The number of guanidine groups is 1. The van der Waals surface area contributed by atoms with E-state index < -0.39 is 29.1 Å². The van der Waals surface area contributed by atoms with Crippen LogP contribution in [-0.2, 0) is 22.6 Å². The normalized spacial score (nSPS) is 16.5. The van der Waals surface area contributed by atoms with Gasteiger partial charge >= 0.3 is 6.09 Å². The fraction of sp³-hybridized carbons (Fsp3) is 0.385. The van der Waals surface area contributed by atoms with Crippen molar-refractivity contribution in [1.82, 2.24) is 4.31 Å². The summed E-state index contributed by atoms with van der Waals surface area (Å²) in [5.74, 6) is -0.977. The maximum atomic E-state index is 14.6. The number of hydrogen-bond acceptors (Lipinski definition) is 5. The SMILES string of the molecule is NC(N)=NC(=O)OCc1cccc(N2CCN(S(=O)[O-])CC2)c1F. The number of anilines is 1. The first-order chi connectivity index (χ1) is 11.4. The number of benzene rings is 1. The van der Waals surface area contributed by atoms with Crippen molar-refractivity contribution >= 4 is 29.0 Å². The van der Waals surface area contributed by atoms with Crippen molar-refractivity contribution in [2.45, 2.75) is 6.61 Å². The summed E-state index contributed by atoms with van der Waals surface area (Å²) in [7, 11) is 0. The van der Waals surface area contributed by atoms with Crippen molar-refractivity contribution < 1.29 is 22.7 Å². The van der Waals surface area contributed by atoms with Crippen LogP contribution in [0.5, 0.6) is 0 Å². The summed E-state index contributed by atoms with van der Waals surface area (Å²) in [6.45, 7) is 0.961. The van der Waals surface area contributed by atoms with Crippen LogP contribution in [0.2, 0.25) is 0 Å². The molecule has 11 heteroatoms. The molecular formula is C13H17FN5O4S-. The molecule has 1 heterocycles. The molecular weight excluding hydrogens is 341 g/mol. The van der Waals surface area contributed by atoms with Gasteiger partial charge < -0.3 is 25.7 Å². The molecule has 132 valence electrons. The monoisotopic (exact) mass is 358 g/mol. The van der Waals surface area contributed by atoms with Gasteiger partial charge in [-0.1, -0.05) is 12.1 Å². The summed E-state index contributed by atoms with van der Waals surface area (Å²) >= 11 is -2.27. The third kappa shape index (κ3) is 4.63. The molecule has 0 spiro atoms. The van der Waals surface area contributed by atoms with Crippen molar-refractivity contribution in [1.29, 1.82) is 0 Å². The third-order valence-corrected chi connectivity index (χ3v) is 4.21. The smallest absolute Gasteiger partial charge is 0.437 e. The summed E-state index contributed by atoms with van der Waals surface area (Å²) in [5.41, 5.74) is 10.6. The van der Waals surface area contributed by atoms with Gasteiger partial charge in [0, 0.05) is 43.0 Å². The van der Waals surface area contributed by atoms with Gasteiger partial charge in [0.15, 0.2) is 11.8 Å². The Hall–Kier alpha value is -2.24. The minimum absolute atomic E-state index is 0.168. The first-order valence-corrected chi connectivity index (χ1v) is 8.04. The van der Waals surface area contributed by atoms with Crippen molar-refractivity contribution in [2.75, 3.05) is 31.1 Å². The third-order valence-electron chi connectivity index (χ3n) is 3.42. The van der Waals surface area contributed by atoms with Gasteiger partial charge in [0.1, 0.15) is 6.61 Å². The number of piperazine rings is 1. The summed E-state index contributed by atoms with van der Waals surface area (Å²) < 4.78 is 42.4. The Balaban J connectivity index is 2.04. The van der Waals surface area contributed by atoms with Crippen LogP contribution in [-0.4, -0.2) is 51.3 Å². The van der Waals surface area contributed by atoms with Gasteiger partial charge in [0.25, 0.3) is 0 Å². The van der Waals surface area contributed by atoms with Gasteiger partial charge in [-0.15, -0.1) is 4.99 Å². The van der Waals surface area contributed by atoms with Gasteiger partial charge in [-0.2, -0.15) is 0 Å². The van der Waals surface area contributed by atoms with Crippen molar-refractivity contribution in [3.05, 3.63) is 29.6 Å². The molecule has 2 rings (SSSR count). The number of carbonyl (C=O) groups excluding carboxylic acids is 1. The van der Waals surface area contributed by atoms with Crippen LogP contribution in [0.15, 0.2) is 23.2 Å². The number of amides is 1. The molecule has 1 atom stereocenters. The van der Waals surface area contributed by atoms with Crippen LogP contribution < -0.4 is 16.4 Å². The highest BCUT2D eigenvalue weighted by Gasteiger charge is 2.21. The molecule has 1 aliphatic heterocycles. The van der Waals surface area contributed by atoms with Crippen LogP contribution >= 0.6 is 0 Å². The number of nitrogens with zero attached hydrogens (tertiary/aromatic N) is 3. The number of hydrogen-bond donors (Lipinski definition) is 2. The number of rotatable bonds is 4. The molecule has 0 radical (unpaired) electrons. The lowest BCUT2D eigenvalue weighted by atomic mass is 10.1. The van der Waals surface area contributed by atoms with Gasteiger partial charge in [-0.25, -0.2) is 13.5 Å². The zero-order valence-corrected chi connectivity index (χ0v) is 13.5. The number of carbonyl (C=O) groups is 1. The fourth-order valence-electron chi connectivity index (χ4n) is 2.28. The Bertz CT molecular complexity index is 660. The summed E-state index contributed by atoms with van der Waals surface area (Å²) in [6.07, 6.45) is -1.01. The minimum Gasteiger partial charge on any atom is -0.760 e. The van der Waals surface area contributed by atoms with Crippen LogP contribution in [0.3, 0.4) is 0 Å². The van der Waals surface area contributed by atoms with E-state index in [0.29, 0.717) is 18.8 Å². The van der Waals surface area contributed by atoms with Gasteiger partial charge in [0.05, 0.1) is 5.69 Å². The average molecular weight is 358 g/mol. The van der Waals surface area contributed by atoms with E-state index >= 15 is 0 Å². The molecule has 0 saturated carbocycles. The predicted molar refractivity (Wildman–Crippen MR) is 85.1 cm³/mol. The van der Waals surface area contributed by atoms with E-state index in [9.17, 15) is 17.9 Å². The molecule has 1 amide bonds. The first-order valence-electron chi connectivity index (χ1n) is 7.01. The molecule has 0 aliphatic carbocycles. The second-order valence-corrected chi connectivity index (χ2v) is 5.93. The molecule has 1 aromatic carbocycles. The van der Waals surface area contributed by atoms with Crippen LogP contribution in [0, 0.1) is 5.82 Å². The molecule has 9 nitrogen and oxygen atoms in total. The number of aliphatic imine (C=N–C) groups is 1. The molecule has 0 aromatic heterocycles. The van der Waals surface area contributed by atoms with Gasteiger partial charge in [0.2, 0.25) is 0 Å². The minimum atomic E-state index is -2.27. The zero-order valence-electron chi connectivity index (χ0n) is 12.7. The van der Waals surface area contributed by atoms with Gasteiger partial charge in [-0.3, -0.25) is 4.21 Å². The molecule has 1 saturated heterocycles. The van der Waals surface area contributed by atoms with Crippen LogP contribution in [0.25, 0.3) is 0 Å². The standard InChI is InChI=1S/C13H18FN5O4S/c14-11-9(8-23-13(20)17-12(15)16)2-1-3-10(11)18-4-6-19(7-5-18)24(21)22/h1-3H,4-8H2,(H,21,22)(H4,15,16,17,20)/p-1. The maximum absolute atomic E-state index is 14.6. The second-order valence-electron chi connectivity index (χ2n) is 4.97. The maximum Gasteiger partial charge on any atom is 0.437 e. The Morgan fingerprint density at radius 2 is 2.00 bits per heavy atom. The molecule has 1 aliphatic rings. The number of halogens is 1. The molecule has 1 aromatic rings. The largest absolute Gasteiger partial charge is 0.760 e. The van der Waals surface area contributed by atoms with Crippen LogP contribution in [0.4, 0.5) is 14.9 Å². The van der Waals surface area contributed by atoms with E-state index in [1.54, 1.807) is 17.0 Å². The second kappa shape index (κ2) is 8.04. The predicted octanol–water partition coefficient (Wildman–Crippen LogP) is -0.348. The Morgan fingerprint density at radius 3 is 2.58 bits per heavy atom. The Labute approximate surface area is 140 Å². The first kappa shape index (κ1) is 18.1.